The van der Waals surface area contributed by atoms with E-state index in [1.54, 1.807) is 27.7 Å². The number of hydrogen-bond donors (Lipinski definition) is 2. The molecule has 3 fully saturated rings. The van der Waals surface area contributed by atoms with Gasteiger partial charge >= 0.3 is 0 Å². The zero-order chi connectivity index (χ0) is 23.4. The fourth-order valence-electron chi connectivity index (χ4n) is 4.62. The van der Waals surface area contributed by atoms with Gasteiger partial charge in [0.05, 0.1) is 6.54 Å². The molecule has 9 nitrogen and oxygen atoms in total. The van der Waals surface area contributed by atoms with Crippen LogP contribution in [0.1, 0.15) is 27.7 Å². The predicted molar refractivity (Wildman–Crippen MR) is 118 cm³/mol. The number of rotatable bonds is 4. The topological polar surface area (TPSA) is 104 Å². The number of anilines is 1. The summed E-state index contributed by atoms with van der Waals surface area (Å²) in [5, 5.41) is 7.44. The van der Waals surface area contributed by atoms with E-state index in [2.05, 4.69) is 10.6 Å². The number of carbonyl (C=O) groups excluding carboxylic acids is 2. The standard InChI is InChI=1S/C24H28N2O7/c1-23(2)30-17-18(31-23)20-22(33-24(3,4)32-20)29-19(17)21(28)25-12-16(27)26-15-11-7-9-13-8-5-6-10-14(13)15/h5-11,17-20,22H,12H2,1-4H3,(H,25,28)(H,26,27)/t17-,18-,19-,20-,22+/m1/s1. The first kappa shape index (κ1) is 22.2. The Hall–Kier alpha value is -2.56. The molecule has 3 aliphatic rings. The summed E-state index contributed by atoms with van der Waals surface area (Å²) in [6.45, 7) is 6.87. The number of ether oxygens (including phenoxy) is 5. The van der Waals surface area contributed by atoms with Gasteiger partial charge in [-0.1, -0.05) is 36.4 Å². The molecule has 2 N–H and O–H groups in total. The van der Waals surface area contributed by atoms with Gasteiger partial charge in [0.2, 0.25) is 5.91 Å². The molecule has 0 saturated carbocycles. The lowest BCUT2D eigenvalue weighted by Crippen LogP contribution is -2.59. The second kappa shape index (κ2) is 8.03. The van der Waals surface area contributed by atoms with Crippen LogP contribution in [-0.2, 0) is 33.3 Å². The number of nitrogens with one attached hydrogen (secondary N) is 2. The van der Waals surface area contributed by atoms with Crippen molar-refractivity contribution in [2.45, 2.75) is 70.0 Å². The molecule has 2 aromatic carbocycles. The van der Waals surface area contributed by atoms with Crippen molar-refractivity contribution in [2.24, 2.45) is 0 Å². The minimum atomic E-state index is -1.01. The quantitative estimate of drug-likeness (QED) is 0.727. The van der Waals surface area contributed by atoms with Gasteiger partial charge in [0.15, 0.2) is 24.0 Å². The van der Waals surface area contributed by atoms with Crippen LogP contribution < -0.4 is 10.6 Å². The highest BCUT2D eigenvalue weighted by atomic mass is 16.9. The van der Waals surface area contributed by atoms with E-state index in [0.717, 1.165) is 10.8 Å². The molecule has 176 valence electrons. The SMILES string of the molecule is CC1(C)O[C@@H]2[C@@H](O1)[C@H](C(=O)NCC(=O)Nc1cccc3ccccc13)O[C@H]1OC(C)(C)O[C@@H]12. The Balaban J connectivity index is 1.26. The summed E-state index contributed by atoms with van der Waals surface area (Å²) >= 11 is 0. The molecular formula is C24H28N2O7. The van der Waals surface area contributed by atoms with Crippen molar-refractivity contribution >= 4 is 28.3 Å². The molecule has 3 saturated heterocycles. The van der Waals surface area contributed by atoms with E-state index < -0.39 is 48.2 Å². The van der Waals surface area contributed by atoms with Crippen LogP contribution in [0.15, 0.2) is 42.5 Å². The monoisotopic (exact) mass is 456 g/mol. The first-order chi connectivity index (χ1) is 15.6. The molecule has 5 atom stereocenters. The van der Waals surface area contributed by atoms with Gasteiger partial charge in [-0.3, -0.25) is 9.59 Å². The first-order valence-electron chi connectivity index (χ1n) is 11.0. The highest BCUT2D eigenvalue weighted by Crippen LogP contribution is 2.44. The normalized spacial score (nSPS) is 31.6. The fourth-order valence-corrected chi connectivity index (χ4v) is 4.62. The summed E-state index contributed by atoms with van der Waals surface area (Å²) in [5.41, 5.74) is 0.678. The number of hydrogen-bond acceptors (Lipinski definition) is 7. The molecule has 33 heavy (non-hydrogen) atoms. The van der Waals surface area contributed by atoms with Gasteiger partial charge in [0, 0.05) is 11.1 Å². The van der Waals surface area contributed by atoms with Crippen LogP contribution in [0.5, 0.6) is 0 Å². The summed E-state index contributed by atoms with van der Waals surface area (Å²) < 4.78 is 29.7. The highest BCUT2D eigenvalue weighted by molar-refractivity contribution is 6.03. The van der Waals surface area contributed by atoms with Crippen LogP contribution in [0.2, 0.25) is 0 Å². The van der Waals surface area contributed by atoms with Crippen molar-refractivity contribution in [2.75, 3.05) is 11.9 Å². The third-order valence-electron chi connectivity index (χ3n) is 5.90. The molecule has 2 aromatic rings. The predicted octanol–water partition coefficient (Wildman–Crippen LogP) is 2.29. The van der Waals surface area contributed by atoms with Crippen LogP contribution >= 0.6 is 0 Å². The molecule has 9 heteroatoms. The molecule has 3 heterocycles. The van der Waals surface area contributed by atoms with E-state index in [9.17, 15) is 9.59 Å². The van der Waals surface area contributed by atoms with Crippen molar-refractivity contribution in [3.8, 4) is 0 Å². The van der Waals surface area contributed by atoms with Crippen molar-refractivity contribution in [3.63, 3.8) is 0 Å². The van der Waals surface area contributed by atoms with Gasteiger partial charge < -0.3 is 34.3 Å². The van der Waals surface area contributed by atoms with E-state index in [1.165, 1.54) is 0 Å². The van der Waals surface area contributed by atoms with Gasteiger partial charge in [-0.2, -0.15) is 0 Å². The zero-order valence-corrected chi connectivity index (χ0v) is 19.0. The summed E-state index contributed by atoms with van der Waals surface area (Å²) in [5.74, 6) is -2.62. The average Bonchev–Trinajstić information content (AvgIpc) is 3.25. The maximum Gasteiger partial charge on any atom is 0.252 e. The van der Waals surface area contributed by atoms with Crippen LogP contribution in [0.25, 0.3) is 10.8 Å². The van der Waals surface area contributed by atoms with Crippen molar-refractivity contribution in [3.05, 3.63) is 42.5 Å². The molecule has 5 rings (SSSR count). The fraction of sp³-hybridized carbons (Fsp3) is 0.500. The third-order valence-corrected chi connectivity index (χ3v) is 5.90. The minimum absolute atomic E-state index is 0.222. The number of benzene rings is 2. The van der Waals surface area contributed by atoms with Gasteiger partial charge in [0.1, 0.15) is 18.3 Å². The van der Waals surface area contributed by atoms with E-state index in [1.807, 2.05) is 42.5 Å². The molecule has 2 amide bonds. The van der Waals surface area contributed by atoms with Gasteiger partial charge in [-0.05, 0) is 39.1 Å². The van der Waals surface area contributed by atoms with E-state index >= 15 is 0 Å². The summed E-state index contributed by atoms with van der Waals surface area (Å²) in [6, 6.07) is 13.4. The number of carbonyl (C=O) groups is 2. The molecule has 0 bridgehead atoms. The Morgan fingerprint density at radius 1 is 0.848 bits per heavy atom. The average molecular weight is 456 g/mol. The van der Waals surface area contributed by atoms with Crippen LogP contribution in [-0.4, -0.2) is 60.6 Å². The van der Waals surface area contributed by atoms with Crippen molar-refractivity contribution in [1.29, 1.82) is 0 Å². The Labute approximate surface area is 191 Å². The molecular weight excluding hydrogens is 428 g/mol. The zero-order valence-electron chi connectivity index (χ0n) is 19.0. The molecule has 0 aromatic heterocycles. The van der Waals surface area contributed by atoms with Gasteiger partial charge in [0.25, 0.3) is 5.91 Å². The van der Waals surface area contributed by atoms with Crippen LogP contribution in [0, 0.1) is 0 Å². The lowest BCUT2D eigenvalue weighted by Gasteiger charge is -2.36. The maximum atomic E-state index is 13.0. The summed E-state index contributed by atoms with van der Waals surface area (Å²) in [6.07, 6.45) is -3.55. The van der Waals surface area contributed by atoms with Crippen molar-refractivity contribution < 1.29 is 33.3 Å². The second-order valence-electron chi connectivity index (χ2n) is 9.38. The Bertz CT molecular complexity index is 1080. The van der Waals surface area contributed by atoms with E-state index in [-0.39, 0.29) is 12.5 Å². The highest BCUT2D eigenvalue weighted by Gasteiger charge is 2.62. The Morgan fingerprint density at radius 2 is 1.52 bits per heavy atom. The molecule has 3 aliphatic heterocycles. The second-order valence-corrected chi connectivity index (χ2v) is 9.38. The first-order valence-corrected chi connectivity index (χ1v) is 11.0. The Kier molecular flexibility index (Phi) is 5.42. The minimum Gasteiger partial charge on any atom is -0.345 e. The molecule has 0 spiro atoms. The lowest BCUT2D eigenvalue weighted by atomic mass is 9.98. The third kappa shape index (κ3) is 4.34. The van der Waals surface area contributed by atoms with Crippen molar-refractivity contribution in [1.82, 2.24) is 5.32 Å². The number of fused-ring (bicyclic) bond motifs is 4. The molecule has 0 aliphatic carbocycles. The van der Waals surface area contributed by atoms with E-state index in [4.69, 9.17) is 23.7 Å². The molecule has 0 radical (unpaired) electrons. The van der Waals surface area contributed by atoms with Gasteiger partial charge in [-0.25, -0.2) is 0 Å². The largest absolute Gasteiger partial charge is 0.345 e. The Morgan fingerprint density at radius 3 is 2.33 bits per heavy atom. The number of amides is 2. The maximum absolute atomic E-state index is 13.0. The van der Waals surface area contributed by atoms with E-state index in [0.29, 0.717) is 5.69 Å². The molecule has 0 unspecified atom stereocenters. The smallest absolute Gasteiger partial charge is 0.252 e. The van der Waals surface area contributed by atoms with Crippen LogP contribution in [0.4, 0.5) is 5.69 Å². The van der Waals surface area contributed by atoms with Gasteiger partial charge in [-0.15, -0.1) is 0 Å². The lowest BCUT2D eigenvalue weighted by molar-refractivity contribution is -0.231. The van der Waals surface area contributed by atoms with Crippen LogP contribution in [0.3, 0.4) is 0 Å². The summed E-state index contributed by atoms with van der Waals surface area (Å²) in [7, 11) is 0. The summed E-state index contributed by atoms with van der Waals surface area (Å²) in [4.78, 5) is 25.6.